The van der Waals surface area contributed by atoms with Crippen molar-refractivity contribution in [3.63, 3.8) is 0 Å². The predicted octanol–water partition coefficient (Wildman–Crippen LogP) is 3.18. The number of nitrogens with zero attached hydrogens (tertiary/aromatic N) is 2. The fourth-order valence-corrected chi connectivity index (χ4v) is 3.97. The second-order valence-corrected chi connectivity index (χ2v) is 7.39. The molecule has 1 saturated heterocycles. The van der Waals surface area contributed by atoms with Crippen LogP contribution in [0.1, 0.15) is 32.1 Å². The summed E-state index contributed by atoms with van der Waals surface area (Å²) in [6.45, 7) is 5.09. The van der Waals surface area contributed by atoms with Gasteiger partial charge in [-0.3, -0.25) is 0 Å². The first-order valence-corrected chi connectivity index (χ1v) is 10.1. The van der Waals surface area contributed by atoms with Crippen molar-refractivity contribution in [2.45, 2.75) is 32.1 Å². The number of ether oxygens (including phenoxy) is 2. The molecule has 6 heteroatoms. The zero-order valence-corrected chi connectivity index (χ0v) is 15.9. The van der Waals surface area contributed by atoms with Gasteiger partial charge in [-0.25, -0.2) is 4.79 Å². The molecule has 0 saturated carbocycles. The molecule has 6 nitrogen and oxygen atoms in total. The van der Waals surface area contributed by atoms with Crippen molar-refractivity contribution >= 4 is 11.7 Å². The van der Waals surface area contributed by atoms with Crippen molar-refractivity contribution in [3.05, 3.63) is 29.8 Å². The molecule has 2 heterocycles. The Labute approximate surface area is 161 Å². The number of nitrogens with one attached hydrogen (secondary N) is 1. The van der Waals surface area contributed by atoms with E-state index >= 15 is 0 Å². The smallest absolute Gasteiger partial charge is 0.317 e. The van der Waals surface area contributed by atoms with Crippen LogP contribution >= 0.6 is 0 Å². The predicted molar refractivity (Wildman–Crippen MR) is 106 cm³/mol. The first-order valence-electron chi connectivity index (χ1n) is 10.1. The van der Waals surface area contributed by atoms with Gasteiger partial charge in [-0.1, -0.05) is 11.6 Å². The zero-order chi connectivity index (χ0) is 18.5. The number of hydrogen-bond donors (Lipinski definition) is 1. The highest BCUT2D eigenvalue weighted by Gasteiger charge is 2.22. The van der Waals surface area contributed by atoms with Crippen molar-refractivity contribution in [3.8, 4) is 11.5 Å². The lowest BCUT2D eigenvalue weighted by Crippen LogP contribution is -2.52. The van der Waals surface area contributed by atoms with Crippen LogP contribution in [0.15, 0.2) is 29.8 Å². The largest absolute Gasteiger partial charge is 0.486 e. The van der Waals surface area contributed by atoms with Crippen molar-refractivity contribution < 1.29 is 14.3 Å². The molecule has 2 aliphatic heterocycles. The van der Waals surface area contributed by atoms with Crippen LogP contribution in [0.25, 0.3) is 0 Å². The maximum atomic E-state index is 12.4. The first-order chi connectivity index (χ1) is 13.3. The molecule has 0 unspecified atom stereocenters. The van der Waals surface area contributed by atoms with E-state index in [2.05, 4.69) is 22.4 Å². The molecule has 146 valence electrons. The molecule has 1 aromatic rings. The molecule has 1 aliphatic carbocycles. The van der Waals surface area contributed by atoms with E-state index in [9.17, 15) is 4.79 Å². The number of urea groups is 1. The normalized spacial score (nSPS) is 19.5. The average molecular weight is 371 g/mol. The minimum atomic E-state index is 0.0632. The van der Waals surface area contributed by atoms with E-state index in [0.717, 1.165) is 56.3 Å². The summed E-state index contributed by atoms with van der Waals surface area (Å²) in [5, 5.41) is 3.09. The molecule has 0 spiro atoms. The minimum absolute atomic E-state index is 0.0632. The SMILES string of the molecule is O=C(NCCC1=CCCCC1)N1CCN(c2ccc3c(c2)OCCO3)CC1. The molecule has 2 amide bonds. The Hall–Kier alpha value is -2.37. The van der Waals surface area contributed by atoms with Crippen LogP contribution in [0.3, 0.4) is 0 Å². The van der Waals surface area contributed by atoms with Gasteiger partial charge in [0.1, 0.15) is 13.2 Å². The third-order valence-electron chi connectivity index (χ3n) is 5.57. The Morgan fingerprint density at radius 3 is 2.63 bits per heavy atom. The summed E-state index contributed by atoms with van der Waals surface area (Å²) >= 11 is 0. The molecular formula is C21H29N3O3. The van der Waals surface area contributed by atoms with E-state index in [4.69, 9.17) is 9.47 Å². The Bertz CT molecular complexity index is 696. The van der Waals surface area contributed by atoms with E-state index in [1.165, 1.54) is 31.3 Å². The second-order valence-electron chi connectivity index (χ2n) is 7.39. The van der Waals surface area contributed by atoms with E-state index < -0.39 is 0 Å². The van der Waals surface area contributed by atoms with Crippen LogP contribution < -0.4 is 19.7 Å². The van der Waals surface area contributed by atoms with Crippen molar-refractivity contribution in [1.29, 1.82) is 0 Å². The topological polar surface area (TPSA) is 54.0 Å². The zero-order valence-electron chi connectivity index (χ0n) is 15.9. The van der Waals surface area contributed by atoms with Crippen molar-refractivity contribution in [2.24, 2.45) is 0 Å². The van der Waals surface area contributed by atoms with Gasteiger partial charge < -0.3 is 24.6 Å². The lowest BCUT2D eigenvalue weighted by atomic mass is 9.97. The van der Waals surface area contributed by atoms with Gasteiger partial charge in [0.15, 0.2) is 11.5 Å². The van der Waals surface area contributed by atoms with E-state index in [-0.39, 0.29) is 6.03 Å². The van der Waals surface area contributed by atoms with Crippen LogP contribution in [0.5, 0.6) is 11.5 Å². The summed E-state index contributed by atoms with van der Waals surface area (Å²) < 4.78 is 11.3. The molecule has 0 radical (unpaired) electrons. The summed E-state index contributed by atoms with van der Waals surface area (Å²) in [6.07, 6.45) is 8.34. The Morgan fingerprint density at radius 1 is 1.04 bits per heavy atom. The molecule has 3 aliphatic rings. The highest BCUT2D eigenvalue weighted by Crippen LogP contribution is 2.34. The molecule has 4 rings (SSSR count). The Kier molecular flexibility index (Phi) is 5.70. The maximum absolute atomic E-state index is 12.4. The minimum Gasteiger partial charge on any atom is -0.486 e. The van der Waals surface area contributed by atoms with Gasteiger partial charge in [-0.05, 0) is 44.2 Å². The van der Waals surface area contributed by atoms with Gasteiger partial charge in [-0.15, -0.1) is 0 Å². The number of carbonyl (C=O) groups excluding carboxylic acids is 1. The molecule has 0 bridgehead atoms. The van der Waals surface area contributed by atoms with Gasteiger partial charge in [0.2, 0.25) is 0 Å². The number of anilines is 1. The number of benzene rings is 1. The highest BCUT2D eigenvalue weighted by atomic mass is 16.6. The van der Waals surface area contributed by atoms with Gasteiger partial charge in [-0.2, -0.15) is 0 Å². The number of allylic oxidation sites excluding steroid dienone is 1. The maximum Gasteiger partial charge on any atom is 0.317 e. The summed E-state index contributed by atoms with van der Waals surface area (Å²) in [7, 11) is 0. The van der Waals surface area contributed by atoms with Crippen LogP contribution in [-0.2, 0) is 0 Å². The first kappa shape index (κ1) is 18.0. The lowest BCUT2D eigenvalue weighted by molar-refractivity contribution is 0.171. The molecule has 0 aromatic heterocycles. The monoisotopic (exact) mass is 371 g/mol. The van der Waals surface area contributed by atoms with Gasteiger partial charge in [0, 0.05) is 44.5 Å². The standard InChI is InChI=1S/C21H29N3O3/c25-21(22-9-8-17-4-2-1-3-5-17)24-12-10-23(11-13-24)18-6-7-19-20(16-18)27-15-14-26-19/h4,6-7,16H,1-3,5,8-15H2,(H,22,25). The van der Waals surface area contributed by atoms with Gasteiger partial charge >= 0.3 is 6.03 Å². The number of fused-ring (bicyclic) bond motifs is 1. The fraction of sp³-hybridized carbons (Fsp3) is 0.571. The average Bonchev–Trinajstić information content (AvgIpc) is 2.74. The van der Waals surface area contributed by atoms with Crippen molar-refractivity contribution in [1.82, 2.24) is 10.2 Å². The number of piperazine rings is 1. The lowest BCUT2D eigenvalue weighted by Gasteiger charge is -2.36. The summed E-state index contributed by atoms with van der Waals surface area (Å²) in [4.78, 5) is 16.6. The van der Waals surface area contributed by atoms with E-state index in [1.807, 2.05) is 17.0 Å². The number of rotatable bonds is 4. The van der Waals surface area contributed by atoms with Crippen LogP contribution in [0, 0.1) is 0 Å². The second kappa shape index (κ2) is 8.55. The molecular weight excluding hydrogens is 342 g/mol. The highest BCUT2D eigenvalue weighted by molar-refractivity contribution is 5.74. The summed E-state index contributed by atoms with van der Waals surface area (Å²) in [5.41, 5.74) is 2.63. The molecule has 1 aromatic carbocycles. The molecule has 1 N–H and O–H groups in total. The molecule has 1 fully saturated rings. The fourth-order valence-electron chi connectivity index (χ4n) is 3.97. The quantitative estimate of drug-likeness (QED) is 0.826. The van der Waals surface area contributed by atoms with Crippen LogP contribution in [-0.4, -0.2) is 56.9 Å². The summed E-state index contributed by atoms with van der Waals surface area (Å²) in [5.74, 6) is 1.63. The summed E-state index contributed by atoms with van der Waals surface area (Å²) in [6, 6.07) is 6.15. The van der Waals surface area contributed by atoms with Gasteiger partial charge in [0.05, 0.1) is 0 Å². The van der Waals surface area contributed by atoms with Crippen molar-refractivity contribution in [2.75, 3.05) is 50.8 Å². The Morgan fingerprint density at radius 2 is 1.85 bits per heavy atom. The third-order valence-corrected chi connectivity index (χ3v) is 5.57. The molecule has 0 atom stereocenters. The Balaban J connectivity index is 1.23. The van der Waals surface area contributed by atoms with E-state index in [0.29, 0.717) is 13.2 Å². The van der Waals surface area contributed by atoms with Crippen LogP contribution in [0.4, 0.5) is 10.5 Å². The number of amides is 2. The molecule has 27 heavy (non-hydrogen) atoms. The van der Waals surface area contributed by atoms with Gasteiger partial charge in [0.25, 0.3) is 0 Å². The van der Waals surface area contributed by atoms with E-state index in [1.54, 1.807) is 0 Å². The number of hydrogen-bond acceptors (Lipinski definition) is 4. The number of carbonyl (C=O) groups is 1. The van der Waals surface area contributed by atoms with Crippen LogP contribution in [0.2, 0.25) is 0 Å². The third kappa shape index (κ3) is 4.49.